The molecule has 0 bridgehead atoms. The number of cyclic esters (lactones) is 1. The van der Waals surface area contributed by atoms with Crippen LogP contribution >= 0.6 is 0 Å². The molecule has 0 radical (unpaired) electrons. The fraction of sp³-hybridized carbons (Fsp3) is 0.583. The monoisotopic (exact) mass is 1230 g/mol. The normalized spacial score (nSPS) is 15.9. The molecule has 1 aromatic carbocycles. The van der Waals surface area contributed by atoms with E-state index in [1.54, 1.807) is 22.5 Å². The second-order valence-electron chi connectivity index (χ2n) is 21.0. The minimum Gasteiger partial charge on any atom is -0.458 e. The van der Waals surface area contributed by atoms with Crippen LogP contribution in [0.1, 0.15) is 88.5 Å². The Balaban J connectivity index is 0.811. The summed E-state index contributed by atoms with van der Waals surface area (Å²) >= 11 is 0. The molecule has 28 heteroatoms. The lowest BCUT2D eigenvalue weighted by atomic mass is 9.86. The third-order valence-corrected chi connectivity index (χ3v) is 15.0. The van der Waals surface area contributed by atoms with Gasteiger partial charge in [0.1, 0.15) is 24.7 Å². The number of amides is 8. The van der Waals surface area contributed by atoms with Gasteiger partial charge in [0.25, 0.3) is 17.4 Å². The molecule has 3 aliphatic rings. The summed E-state index contributed by atoms with van der Waals surface area (Å²) in [4.78, 5) is 136. The Labute approximate surface area is 510 Å². The largest absolute Gasteiger partial charge is 0.458 e. The zero-order chi connectivity index (χ0) is 63.6. The van der Waals surface area contributed by atoms with E-state index in [4.69, 9.17) is 43.9 Å². The van der Waals surface area contributed by atoms with Crippen molar-refractivity contribution < 1.29 is 81.4 Å². The van der Waals surface area contributed by atoms with Gasteiger partial charge in [0.15, 0.2) is 5.60 Å². The number of hydrogen-bond donors (Lipinski definition) is 7. The lowest BCUT2D eigenvalue weighted by Crippen LogP contribution is -2.55. The van der Waals surface area contributed by atoms with Gasteiger partial charge in [-0.25, -0.2) is 9.78 Å². The number of nitrogens with zero attached hydrogens (tertiary/aromatic N) is 4. The van der Waals surface area contributed by atoms with Gasteiger partial charge in [0.2, 0.25) is 35.4 Å². The van der Waals surface area contributed by atoms with Crippen LogP contribution in [0, 0.1) is 0 Å². The van der Waals surface area contributed by atoms with Crippen LogP contribution in [0.2, 0.25) is 0 Å². The van der Waals surface area contributed by atoms with Crippen molar-refractivity contribution in [1.82, 2.24) is 45.9 Å². The highest BCUT2D eigenvalue weighted by Crippen LogP contribution is 2.40. The van der Waals surface area contributed by atoms with E-state index in [1.165, 1.54) is 26.0 Å². The third kappa shape index (κ3) is 19.7. The summed E-state index contributed by atoms with van der Waals surface area (Å²) in [6.45, 7) is 10.7. The van der Waals surface area contributed by atoms with Crippen molar-refractivity contribution in [3.63, 3.8) is 0 Å². The fourth-order valence-electron chi connectivity index (χ4n) is 9.93. The molecule has 0 unspecified atom stereocenters. The Bertz CT molecular complexity index is 3010. The maximum absolute atomic E-state index is 13.9. The molecular weight excluding hydrogens is 1150 g/mol. The molecule has 0 spiro atoms. The summed E-state index contributed by atoms with van der Waals surface area (Å²) < 4.78 is 39.6. The van der Waals surface area contributed by atoms with Gasteiger partial charge in [0, 0.05) is 67.7 Å². The predicted octanol–water partition coefficient (Wildman–Crippen LogP) is -0.869. The number of aromatic nitrogens is 2. The summed E-state index contributed by atoms with van der Waals surface area (Å²) in [5.74, 6) is -4.69. The maximum atomic E-state index is 13.9. The quantitative estimate of drug-likeness (QED) is 0.0161. The number of fused-ring (bicyclic) bond motifs is 5. The number of rotatable bonds is 41. The average Bonchev–Trinajstić information content (AvgIpc) is 1.68. The summed E-state index contributed by atoms with van der Waals surface area (Å²) in [6.07, 6.45) is 3.95. The molecule has 0 saturated carbocycles. The Morgan fingerprint density at radius 2 is 1.34 bits per heavy atom. The zero-order valence-corrected chi connectivity index (χ0v) is 50.6. The molecule has 482 valence electrons. The molecule has 3 aromatic rings. The van der Waals surface area contributed by atoms with Crippen LogP contribution in [0.4, 0.5) is 0 Å². The van der Waals surface area contributed by atoms with Crippen molar-refractivity contribution in [3.05, 3.63) is 75.1 Å². The molecule has 88 heavy (non-hydrogen) atoms. The van der Waals surface area contributed by atoms with E-state index >= 15 is 0 Å². The number of para-hydroxylation sites is 1. The highest BCUT2D eigenvalue weighted by Gasteiger charge is 2.45. The van der Waals surface area contributed by atoms with Gasteiger partial charge >= 0.3 is 5.97 Å². The van der Waals surface area contributed by atoms with Gasteiger partial charge in [-0.2, -0.15) is 0 Å². The van der Waals surface area contributed by atoms with Crippen LogP contribution in [0.5, 0.6) is 0 Å². The molecule has 5 heterocycles. The van der Waals surface area contributed by atoms with Gasteiger partial charge in [0.05, 0.1) is 115 Å². The topological polar surface area (TPSA) is 366 Å². The van der Waals surface area contributed by atoms with Crippen LogP contribution in [0.15, 0.2) is 47.3 Å². The van der Waals surface area contributed by atoms with Crippen molar-refractivity contribution in [2.45, 2.75) is 110 Å². The first-order valence-electron chi connectivity index (χ1n) is 29.9. The first-order valence-corrected chi connectivity index (χ1v) is 29.9. The van der Waals surface area contributed by atoms with Gasteiger partial charge < -0.3 is 80.0 Å². The lowest BCUT2D eigenvalue weighted by Gasteiger charge is -2.31. The number of benzene rings is 1. The van der Waals surface area contributed by atoms with Crippen molar-refractivity contribution in [2.24, 2.45) is 5.73 Å². The number of ether oxygens (including phenoxy) is 7. The van der Waals surface area contributed by atoms with E-state index < -0.39 is 65.1 Å². The van der Waals surface area contributed by atoms with E-state index in [0.29, 0.717) is 102 Å². The summed E-state index contributed by atoms with van der Waals surface area (Å²) in [5.41, 5.74) is 7.08. The van der Waals surface area contributed by atoms with Gasteiger partial charge in [-0.05, 0) is 77.1 Å². The predicted molar refractivity (Wildman–Crippen MR) is 317 cm³/mol. The fourth-order valence-corrected chi connectivity index (χ4v) is 9.93. The molecular formula is C60H84N10O18. The van der Waals surface area contributed by atoms with E-state index in [2.05, 4.69) is 26.6 Å². The molecule has 0 saturated heterocycles. The van der Waals surface area contributed by atoms with Crippen molar-refractivity contribution >= 4 is 64.1 Å². The minimum atomic E-state index is -1.98. The lowest BCUT2D eigenvalue weighted by molar-refractivity contribution is -0.172. The van der Waals surface area contributed by atoms with Crippen LogP contribution in [0.3, 0.4) is 0 Å². The highest BCUT2D eigenvalue weighted by molar-refractivity contribution is 6.13. The number of unbranched alkanes of at least 4 members (excludes halogenated alkanes) is 1. The van der Waals surface area contributed by atoms with Crippen LogP contribution in [-0.2, 0) is 101 Å². The maximum Gasteiger partial charge on any atom is 0.343 e. The Morgan fingerprint density at radius 1 is 0.739 bits per heavy atom. The average molecular weight is 1230 g/mol. The number of imide groups is 1. The Kier molecular flexibility index (Phi) is 28.0. The van der Waals surface area contributed by atoms with Crippen LogP contribution in [-0.4, -0.2) is 214 Å². The van der Waals surface area contributed by atoms with E-state index in [0.717, 1.165) is 21.4 Å². The first-order chi connectivity index (χ1) is 42.4. The molecule has 0 aliphatic carbocycles. The number of hydrogen-bond acceptors (Lipinski definition) is 20. The van der Waals surface area contributed by atoms with E-state index in [1.807, 2.05) is 31.2 Å². The minimum absolute atomic E-state index is 0.00606. The van der Waals surface area contributed by atoms with Crippen LogP contribution in [0.25, 0.3) is 22.3 Å². The zero-order valence-electron chi connectivity index (χ0n) is 50.6. The molecule has 0 fully saturated rings. The summed E-state index contributed by atoms with van der Waals surface area (Å²) in [5, 5.41) is 25.4. The Hall–Kier alpha value is -7.57. The van der Waals surface area contributed by atoms with Gasteiger partial charge in [-0.1, -0.05) is 25.1 Å². The standard InChI is InChI=1S/C60H84N10O18/c1-5-60(81)45-35-48-54-43(37-70(48)58(79)44(45)38-88-59(60)80)41(42-11-7-8-12-46(42)66-54)16-21-68(6-2)53(75)36-63-57(78)47(13-9-10-19-61)67-56(77)40(4)65-55(76)39(3)64-50(72)18-23-82-25-27-84-29-31-86-33-34-87-32-30-85-28-26-83-24-20-62-49(71)17-22-69-51(73)14-15-52(69)74/h7-8,11-12,14-15,35,39-40,47,81H,5-6,9-10,13,16-34,36-38,61H2,1-4H3,(H,62,71)(H,63,78)(H,64,72)(H,65,76)(H,67,77)/t39-,40-,47-,60-/m0/s1. The number of nitrogens with one attached hydrogen (secondary N) is 5. The number of aliphatic hydroxyl groups is 1. The third-order valence-electron chi connectivity index (χ3n) is 15.0. The Morgan fingerprint density at radius 3 is 1.97 bits per heavy atom. The molecule has 8 amide bonds. The molecule has 28 nitrogen and oxygen atoms in total. The van der Waals surface area contributed by atoms with Gasteiger partial charge in [-0.3, -0.25) is 48.1 Å². The second kappa shape index (κ2) is 35.4. The highest BCUT2D eigenvalue weighted by atomic mass is 16.6. The number of carbonyl (C=O) groups is 9. The van der Waals surface area contributed by atoms with Crippen molar-refractivity contribution in [3.8, 4) is 11.4 Å². The number of esters is 1. The van der Waals surface area contributed by atoms with E-state index in [9.17, 15) is 53.1 Å². The van der Waals surface area contributed by atoms with Crippen LogP contribution < -0.4 is 37.9 Å². The number of pyridine rings is 2. The molecule has 6 rings (SSSR count). The number of carbonyl (C=O) groups excluding carboxylic acids is 9. The van der Waals surface area contributed by atoms with E-state index in [-0.39, 0.29) is 120 Å². The number of likely N-dealkylation sites (N-methyl/N-ethyl adjacent to an activating group) is 1. The number of nitrogens with two attached hydrogens (primary N) is 1. The first kappa shape index (κ1) is 69.5. The summed E-state index contributed by atoms with van der Waals surface area (Å²) in [6, 6.07) is 5.98. The molecule has 2 aromatic heterocycles. The summed E-state index contributed by atoms with van der Waals surface area (Å²) in [7, 11) is 0. The van der Waals surface area contributed by atoms with Gasteiger partial charge in [-0.15, -0.1) is 0 Å². The molecule has 4 atom stereocenters. The van der Waals surface area contributed by atoms with Crippen molar-refractivity contribution in [2.75, 3.05) is 119 Å². The second-order valence-corrected chi connectivity index (χ2v) is 21.0. The molecule has 8 N–H and O–H groups in total. The smallest absolute Gasteiger partial charge is 0.343 e. The molecule has 3 aliphatic heterocycles. The SMILES string of the molecule is CCN(CCc1c2c(nc3ccccc13)-c1cc3c(c(=O)n1C2)COC(=O)[C@]3(O)CC)C(=O)CNC(=O)[C@H](CCCCN)NC(=O)[C@H](C)NC(=O)[C@H](C)NC(=O)CCOCCOCCOCCOCCOCCOCCNC(=O)CCN1C(=O)C=CC1=O. The van der Waals surface area contributed by atoms with Crippen molar-refractivity contribution in [1.29, 1.82) is 0 Å².